The third-order valence-electron chi connectivity index (χ3n) is 7.08. The molecule has 4 heterocycles. The molecule has 4 N–H and O–H groups in total. The maximum atomic E-state index is 14.7. The van der Waals surface area contributed by atoms with Crippen molar-refractivity contribution in [2.24, 2.45) is 0 Å². The molecule has 10 nitrogen and oxygen atoms in total. The van der Waals surface area contributed by atoms with Crippen molar-refractivity contribution in [3.05, 3.63) is 72.9 Å². The number of H-pyrrole nitrogens is 2. The van der Waals surface area contributed by atoms with E-state index >= 15 is 0 Å². The number of likely N-dealkylation sites (N-methyl/N-ethyl adjacent to an activating group) is 1. The SMILES string of the molecule is CCCC(=O)Nc1cncc(-c2ccc3[nH]nc(-c4nc5c(-c6cc(F)cc(NCCN(C)C)c6)nccc5[nH]4)c3c2)c1. The van der Waals surface area contributed by atoms with E-state index in [1.54, 1.807) is 18.6 Å². The molecule has 0 unspecified atom stereocenters. The second-order valence-electron chi connectivity index (χ2n) is 10.7. The summed E-state index contributed by atoms with van der Waals surface area (Å²) in [7, 11) is 3.99. The van der Waals surface area contributed by atoms with Crippen molar-refractivity contribution >= 4 is 39.2 Å². The number of carbonyl (C=O) groups is 1. The summed E-state index contributed by atoms with van der Waals surface area (Å²) in [5.74, 6) is 0.170. The molecule has 2 aromatic carbocycles. The minimum absolute atomic E-state index is 0.0391. The summed E-state index contributed by atoms with van der Waals surface area (Å²) in [6.07, 6.45) is 6.31. The number of benzene rings is 2. The van der Waals surface area contributed by atoms with E-state index in [1.807, 2.05) is 57.4 Å². The van der Waals surface area contributed by atoms with Gasteiger partial charge in [-0.25, -0.2) is 9.37 Å². The molecule has 0 aliphatic rings. The van der Waals surface area contributed by atoms with Crippen molar-refractivity contribution in [1.82, 2.24) is 35.0 Å². The number of nitrogens with one attached hydrogen (secondary N) is 4. The standard InChI is InChI=1S/C32H32FN9O/c1-4-5-28(43)37-24-14-21(17-34-18-24)19-6-7-26-25(15-19)30(41-40-26)32-38-27-8-9-36-29(31(27)39-32)20-12-22(33)16-23(13-20)35-10-11-42(2)3/h6-9,12-18,35H,4-5,10-11H2,1-3H3,(H,37,43)(H,38,39)(H,40,41). The van der Waals surface area contributed by atoms with Crippen LogP contribution in [0.15, 0.2) is 67.1 Å². The van der Waals surface area contributed by atoms with Crippen molar-refractivity contribution in [2.45, 2.75) is 19.8 Å². The van der Waals surface area contributed by atoms with Crippen molar-refractivity contribution < 1.29 is 9.18 Å². The van der Waals surface area contributed by atoms with Crippen LogP contribution in [-0.4, -0.2) is 68.1 Å². The Morgan fingerprint density at radius 2 is 1.81 bits per heavy atom. The van der Waals surface area contributed by atoms with Crippen LogP contribution < -0.4 is 10.6 Å². The normalized spacial score (nSPS) is 11.5. The predicted octanol–water partition coefficient (Wildman–Crippen LogP) is 6.08. The first kappa shape index (κ1) is 28.0. The summed E-state index contributed by atoms with van der Waals surface area (Å²) in [6.45, 7) is 3.47. The number of pyridine rings is 2. The zero-order valence-electron chi connectivity index (χ0n) is 24.2. The van der Waals surface area contributed by atoms with Gasteiger partial charge >= 0.3 is 0 Å². The van der Waals surface area contributed by atoms with Crippen LogP contribution in [0.2, 0.25) is 0 Å². The number of fused-ring (bicyclic) bond motifs is 2. The fourth-order valence-corrected chi connectivity index (χ4v) is 5.00. The summed E-state index contributed by atoms with van der Waals surface area (Å²) in [5.41, 5.74) is 7.18. The highest BCUT2D eigenvalue weighted by atomic mass is 19.1. The Kier molecular flexibility index (Phi) is 7.80. The molecule has 218 valence electrons. The van der Waals surface area contributed by atoms with Gasteiger partial charge in [0.05, 0.1) is 28.6 Å². The lowest BCUT2D eigenvalue weighted by Gasteiger charge is -2.12. The molecule has 4 aromatic heterocycles. The third-order valence-corrected chi connectivity index (χ3v) is 7.08. The summed E-state index contributed by atoms with van der Waals surface area (Å²) in [5, 5.41) is 14.7. The molecule has 6 aromatic rings. The number of anilines is 2. The first-order valence-corrected chi connectivity index (χ1v) is 14.2. The minimum Gasteiger partial charge on any atom is -0.384 e. The Bertz CT molecular complexity index is 1930. The van der Waals surface area contributed by atoms with Crippen LogP contribution in [0.25, 0.3) is 55.8 Å². The number of halogens is 1. The number of hydrogen-bond acceptors (Lipinski definition) is 7. The quantitative estimate of drug-likeness (QED) is 0.155. The lowest BCUT2D eigenvalue weighted by molar-refractivity contribution is -0.116. The molecule has 0 bridgehead atoms. The lowest BCUT2D eigenvalue weighted by atomic mass is 10.0. The van der Waals surface area contributed by atoms with Crippen LogP contribution in [0.5, 0.6) is 0 Å². The summed E-state index contributed by atoms with van der Waals surface area (Å²) >= 11 is 0. The van der Waals surface area contributed by atoms with Gasteiger partial charge in [-0.2, -0.15) is 5.10 Å². The Balaban J connectivity index is 1.35. The van der Waals surface area contributed by atoms with Crippen molar-refractivity contribution in [3.8, 4) is 33.9 Å². The Hall–Kier alpha value is -5.16. The van der Waals surface area contributed by atoms with Crippen molar-refractivity contribution in [3.63, 3.8) is 0 Å². The number of aromatic nitrogens is 6. The van der Waals surface area contributed by atoms with Gasteiger partial charge in [0.15, 0.2) is 5.82 Å². The Morgan fingerprint density at radius 3 is 2.65 bits per heavy atom. The Labute approximate surface area is 247 Å². The highest BCUT2D eigenvalue weighted by molar-refractivity contribution is 5.98. The van der Waals surface area contributed by atoms with Crippen LogP contribution in [-0.2, 0) is 4.79 Å². The molecule has 1 amide bonds. The van der Waals surface area contributed by atoms with Crippen LogP contribution in [0.3, 0.4) is 0 Å². The molecule has 0 radical (unpaired) electrons. The average molecular weight is 578 g/mol. The molecule has 0 saturated carbocycles. The maximum Gasteiger partial charge on any atom is 0.224 e. The van der Waals surface area contributed by atoms with Crippen LogP contribution >= 0.6 is 0 Å². The number of rotatable bonds is 10. The van der Waals surface area contributed by atoms with E-state index in [-0.39, 0.29) is 11.7 Å². The molecule has 0 spiro atoms. The topological polar surface area (TPSA) is 128 Å². The molecule has 11 heteroatoms. The van der Waals surface area contributed by atoms with Gasteiger partial charge in [0.1, 0.15) is 17.0 Å². The molecule has 0 aliphatic heterocycles. The Morgan fingerprint density at radius 1 is 0.953 bits per heavy atom. The molecular formula is C32H32FN9O. The van der Waals surface area contributed by atoms with Gasteiger partial charge in [0.25, 0.3) is 0 Å². The first-order valence-electron chi connectivity index (χ1n) is 14.2. The van der Waals surface area contributed by atoms with Gasteiger partial charge in [-0.05, 0) is 68.5 Å². The summed E-state index contributed by atoms with van der Waals surface area (Å²) in [6, 6.07) is 14.5. The van der Waals surface area contributed by atoms with Gasteiger partial charge in [-0.3, -0.25) is 19.9 Å². The molecular weight excluding hydrogens is 545 g/mol. The number of amides is 1. The third kappa shape index (κ3) is 6.07. The van der Waals surface area contributed by atoms with E-state index in [2.05, 4.69) is 40.7 Å². The number of imidazole rings is 1. The van der Waals surface area contributed by atoms with E-state index in [0.717, 1.165) is 40.5 Å². The fourth-order valence-electron chi connectivity index (χ4n) is 5.00. The van der Waals surface area contributed by atoms with Crippen LogP contribution in [0, 0.1) is 5.82 Å². The zero-order valence-corrected chi connectivity index (χ0v) is 24.2. The monoisotopic (exact) mass is 577 g/mol. The van der Waals surface area contributed by atoms with E-state index in [0.29, 0.717) is 52.6 Å². The van der Waals surface area contributed by atoms with Crippen molar-refractivity contribution in [1.29, 1.82) is 0 Å². The molecule has 43 heavy (non-hydrogen) atoms. The number of nitrogens with zero attached hydrogens (tertiary/aromatic N) is 5. The van der Waals surface area contributed by atoms with Gasteiger partial charge in [-0.1, -0.05) is 13.0 Å². The number of hydrogen-bond donors (Lipinski definition) is 4. The lowest BCUT2D eigenvalue weighted by Crippen LogP contribution is -2.20. The van der Waals surface area contributed by atoms with Gasteiger partial charge < -0.3 is 20.5 Å². The summed E-state index contributed by atoms with van der Waals surface area (Å²) in [4.78, 5) is 31.3. The first-order chi connectivity index (χ1) is 20.9. The second-order valence-corrected chi connectivity index (χ2v) is 10.7. The second kappa shape index (κ2) is 12.0. The molecule has 0 atom stereocenters. The molecule has 0 aliphatic carbocycles. The fraction of sp³-hybridized carbons (Fsp3) is 0.219. The highest BCUT2D eigenvalue weighted by Crippen LogP contribution is 2.33. The van der Waals surface area contributed by atoms with Crippen LogP contribution in [0.4, 0.5) is 15.8 Å². The van der Waals surface area contributed by atoms with E-state index in [9.17, 15) is 9.18 Å². The minimum atomic E-state index is -0.353. The molecule has 0 saturated heterocycles. The highest BCUT2D eigenvalue weighted by Gasteiger charge is 2.17. The van der Waals surface area contributed by atoms with Gasteiger partial charge in [0.2, 0.25) is 5.91 Å². The van der Waals surface area contributed by atoms with Crippen LogP contribution in [0.1, 0.15) is 19.8 Å². The molecule has 0 fully saturated rings. The van der Waals surface area contributed by atoms with Gasteiger partial charge in [0, 0.05) is 54.1 Å². The van der Waals surface area contributed by atoms with Gasteiger partial charge in [-0.15, -0.1) is 0 Å². The predicted molar refractivity (Wildman–Crippen MR) is 168 cm³/mol. The average Bonchev–Trinajstić information content (AvgIpc) is 3.60. The van der Waals surface area contributed by atoms with E-state index < -0.39 is 0 Å². The zero-order chi connectivity index (χ0) is 29.9. The van der Waals surface area contributed by atoms with Crippen molar-refractivity contribution in [2.75, 3.05) is 37.8 Å². The summed E-state index contributed by atoms with van der Waals surface area (Å²) < 4.78 is 14.7. The van der Waals surface area contributed by atoms with E-state index in [4.69, 9.17) is 4.98 Å². The number of aromatic amines is 2. The largest absolute Gasteiger partial charge is 0.384 e. The molecule has 6 rings (SSSR count). The number of carbonyl (C=O) groups excluding carboxylic acids is 1. The maximum absolute atomic E-state index is 14.7. The van der Waals surface area contributed by atoms with E-state index in [1.165, 1.54) is 12.1 Å². The smallest absolute Gasteiger partial charge is 0.224 e.